The van der Waals surface area contributed by atoms with Crippen molar-refractivity contribution in [3.8, 4) is 0 Å². The zero-order valence-corrected chi connectivity index (χ0v) is 13.7. The van der Waals surface area contributed by atoms with Gasteiger partial charge in [0, 0.05) is 19.3 Å². The highest BCUT2D eigenvalue weighted by atomic mass is 32.2. The highest BCUT2D eigenvalue weighted by Gasteiger charge is 2.35. The summed E-state index contributed by atoms with van der Waals surface area (Å²) in [5, 5.41) is 10.3. The van der Waals surface area contributed by atoms with E-state index in [4.69, 9.17) is 0 Å². The zero-order chi connectivity index (χ0) is 14.8. The molecule has 1 aliphatic heterocycles. The molecule has 0 aliphatic carbocycles. The van der Waals surface area contributed by atoms with Crippen LogP contribution < -0.4 is 0 Å². The van der Waals surface area contributed by atoms with Crippen molar-refractivity contribution < 1.29 is 13.5 Å². The van der Waals surface area contributed by atoms with Crippen molar-refractivity contribution in [2.45, 2.75) is 40.2 Å². The van der Waals surface area contributed by atoms with Gasteiger partial charge in [0.2, 0.25) is 0 Å². The summed E-state index contributed by atoms with van der Waals surface area (Å²) in [6, 6.07) is 0. The van der Waals surface area contributed by atoms with Gasteiger partial charge in [-0.05, 0) is 30.2 Å². The molecule has 0 aromatic heterocycles. The standard InChI is InChI=1S/C14H29NO3S/c1-11(10-19(5,17)18)8-15-7-6-12(13(16)9-15)14(2,3)4/h11-13,16H,6-10H2,1-5H3. The number of piperidine rings is 1. The molecule has 1 fully saturated rings. The van der Waals surface area contributed by atoms with Crippen molar-refractivity contribution in [1.29, 1.82) is 0 Å². The summed E-state index contributed by atoms with van der Waals surface area (Å²) in [7, 11) is -2.91. The van der Waals surface area contributed by atoms with Crippen LogP contribution in [0.3, 0.4) is 0 Å². The topological polar surface area (TPSA) is 57.6 Å². The van der Waals surface area contributed by atoms with E-state index in [-0.39, 0.29) is 23.2 Å². The average Bonchev–Trinajstić information content (AvgIpc) is 2.11. The summed E-state index contributed by atoms with van der Waals surface area (Å²) in [4.78, 5) is 2.20. The van der Waals surface area contributed by atoms with Gasteiger partial charge in [-0.25, -0.2) is 8.42 Å². The van der Waals surface area contributed by atoms with Crippen LogP contribution in [0.1, 0.15) is 34.1 Å². The van der Waals surface area contributed by atoms with Crippen molar-refractivity contribution in [2.24, 2.45) is 17.3 Å². The molecule has 3 unspecified atom stereocenters. The maximum atomic E-state index is 11.3. The van der Waals surface area contributed by atoms with E-state index in [1.807, 2.05) is 6.92 Å². The van der Waals surface area contributed by atoms with Gasteiger partial charge in [0.05, 0.1) is 11.9 Å². The second-order valence-corrected chi connectivity index (χ2v) is 9.47. The third kappa shape index (κ3) is 5.79. The SMILES string of the molecule is CC(CN1CCC(C(C)(C)C)C(O)C1)CS(C)(=O)=O. The van der Waals surface area contributed by atoms with Gasteiger partial charge >= 0.3 is 0 Å². The highest BCUT2D eigenvalue weighted by Crippen LogP contribution is 2.34. The molecule has 0 spiro atoms. The van der Waals surface area contributed by atoms with Crippen LogP contribution in [0.2, 0.25) is 0 Å². The molecule has 3 atom stereocenters. The van der Waals surface area contributed by atoms with Gasteiger partial charge in [-0.1, -0.05) is 27.7 Å². The molecule has 0 radical (unpaired) electrons. The van der Waals surface area contributed by atoms with Crippen LogP contribution in [0.5, 0.6) is 0 Å². The van der Waals surface area contributed by atoms with Crippen molar-refractivity contribution in [1.82, 2.24) is 4.90 Å². The largest absolute Gasteiger partial charge is 0.391 e. The molecular formula is C14H29NO3S. The Bertz CT molecular complexity index is 386. The highest BCUT2D eigenvalue weighted by molar-refractivity contribution is 7.90. The number of β-amino-alcohol motifs (C(OH)–C–C–N with tert-alkyl or cyclic N) is 1. The summed E-state index contributed by atoms with van der Waals surface area (Å²) in [6.07, 6.45) is 1.96. The predicted octanol–water partition coefficient (Wildman–Crippen LogP) is 1.40. The van der Waals surface area contributed by atoms with Crippen molar-refractivity contribution in [3.63, 3.8) is 0 Å². The second-order valence-electron chi connectivity index (χ2n) is 7.29. The van der Waals surface area contributed by atoms with E-state index in [0.717, 1.165) is 19.5 Å². The lowest BCUT2D eigenvalue weighted by Gasteiger charge is -2.42. The van der Waals surface area contributed by atoms with Crippen molar-refractivity contribution in [2.75, 3.05) is 31.6 Å². The summed E-state index contributed by atoms with van der Waals surface area (Å²) in [5.74, 6) is 0.671. The molecule has 0 bridgehead atoms. The quantitative estimate of drug-likeness (QED) is 0.850. The number of likely N-dealkylation sites (tertiary alicyclic amines) is 1. The molecule has 0 saturated carbocycles. The normalized spacial score (nSPS) is 28.3. The van der Waals surface area contributed by atoms with Crippen LogP contribution in [-0.4, -0.2) is 56.2 Å². The Kier molecular flexibility index (Phi) is 5.43. The Morgan fingerprint density at radius 3 is 2.37 bits per heavy atom. The van der Waals surface area contributed by atoms with Crippen molar-refractivity contribution in [3.05, 3.63) is 0 Å². The van der Waals surface area contributed by atoms with Crippen LogP contribution in [0.15, 0.2) is 0 Å². The first-order valence-corrected chi connectivity index (χ1v) is 9.13. The molecule has 1 N–H and O–H groups in total. The minimum atomic E-state index is -2.91. The number of sulfone groups is 1. The van der Waals surface area contributed by atoms with Crippen LogP contribution in [0.4, 0.5) is 0 Å². The van der Waals surface area contributed by atoms with Crippen LogP contribution >= 0.6 is 0 Å². The molecule has 0 aromatic rings. The first kappa shape index (κ1) is 16.9. The molecule has 114 valence electrons. The lowest BCUT2D eigenvalue weighted by molar-refractivity contribution is -0.0266. The fraction of sp³-hybridized carbons (Fsp3) is 1.00. The van der Waals surface area contributed by atoms with Gasteiger partial charge in [-0.3, -0.25) is 0 Å². The Hall–Kier alpha value is -0.130. The fourth-order valence-corrected chi connectivity index (χ4v) is 4.32. The number of aliphatic hydroxyl groups excluding tert-OH is 1. The van der Waals surface area contributed by atoms with E-state index >= 15 is 0 Å². The third-order valence-electron chi connectivity index (χ3n) is 3.94. The summed E-state index contributed by atoms with van der Waals surface area (Å²) >= 11 is 0. The van der Waals surface area contributed by atoms with Crippen molar-refractivity contribution >= 4 is 9.84 Å². The second kappa shape index (κ2) is 6.10. The molecule has 1 aliphatic rings. The molecule has 5 heteroatoms. The fourth-order valence-electron chi connectivity index (χ4n) is 3.18. The minimum Gasteiger partial charge on any atom is -0.391 e. The Balaban J connectivity index is 2.49. The number of nitrogens with zero attached hydrogens (tertiary/aromatic N) is 1. The lowest BCUT2D eigenvalue weighted by Crippen LogP contribution is -2.49. The smallest absolute Gasteiger partial charge is 0.147 e. The van der Waals surface area contributed by atoms with Crippen LogP contribution in [0, 0.1) is 17.3 Å². The molecule has 0 aromatic carbocycles. The lowest BCUT2D eigenvalue weighted by atomic mass is 9.73. The predicted molar refractivity (Wildman–Crippen MR) is 78.9 cm³/mol. The van der Waals surface area contributed by atoms with E-state index < -0.39 is 9.84 Å². The third-order valence-corrected chi connectivity index (χ3v) is 5.11. The average molecular weight is 291 g/mol. The molecule has 1 saturated heterocycles. The number of hydrogen-bond acceptors (Lipinski definition) is 4. The van der Waals surface area contributed by atoms with E-state index in [0.29, 0.717) is 12.5 Å². The first-order valence-electron chi connectivity index (χ1n) is 7.07. The number of hydrogen-bond donors (Lipinski definition) is 1. The van der Waals surface area contributed by atoms with Crippen LogP contribution in [-0.2, 0) is 9.84 Å². The maximum Gasteiger partial charge on any atom is 0.147 e. The van der Waals surface area contributed by atoms with Gasteiger partial charge in [0.1, 0.15) is 9.84 Å². The van der Waals surface area contributed by atoms with Gasteiger partial charge in [0.15, 0.2) is 0 Å². The number of aliphatic hydroxyl groups is 1. The molecule has 19 heavy (non-hydrogen) atoms. The molecule has 1 rings (SSSR count). The van der Waals surface area contributed by atoms with Gasteiger partial charge in [0.25, 0.3) is 0 Å². The van der Waals surface area contributed by atoms with Gasteiger partial charge < -0.3 is 10.0 Å². The number of rotatable bonds is 4. The maximum absolute atomic E-state index is 11.3. The monoisotopic (exact) mass is 291 g/mol. The van der Waals surface area contributed by atoms with Crippen LogP contribution in [0.25, 0.3) is 0 Å². The van der Waals surface area contributed by atoms with E-state index in [1.54, 1.807) is 0 Å². The van der Waals surface area contributed by atoms with E-state index in [1.165, 1.54) is 6.26 Å². The summed E-state index contributed by atoms with van der Waals surface area (Å²) in [6.45, 7) is 10.8. The Morgan fingerprint density at radius 2 is 1.95 bits per heavy atom. The van der Waals surface area contributed by atoms with E-state index in [9.17, 15) is 13.5 Å². The molecule has 1 heterocycles. The first-order chi connectivity index (χ1) is 8.49. The van der Waals surface area contributed by atoms with E-state index in [2.05, 4.69) is 25.7 Å². The summed E-state index contributed by atoms with van der Waals surface area (Å²) in [5.41, 5.74) is 0.129. The van der Waals surface area contributed by atoms with Gasteiger partial charge in [-0.2, -0.15) is 0 Å². The Morgan fingerprint density at radius 1 is 1.37 bits per heavy atom. The Labute approximate surface area is 118 Å². The molecular weight excluding hydrogens is 262 g/mol. The molecule has 4 nitrogen and oxygen atoms in total. The van der Waals surface area contributed by atoms with Gasteiger partial charge in [-0.15, -0.1) is 0 Å². The summed E-state index contributed by atoms with van der Waals surface area (Å²) < 4.78 is 22.5. The zero-order valence-electron chi connectivity index (χ0n) is 12.9. The molecule has 0 amide bonds. The minimum absolute atomic E-state index is 0.119.